The first-order valence-corrected chi connectivity index (χ1v) is 5.25. The van der Waals surface area contributed by atoms with E-state index in [9.17, 15) is 0 Å². The average molecular weight is 204 g/mol. The van der Waals surface area contributed by atoms with Gasteiger partial charge in [0, 0.05) is 18.5 Å². The van der Waals surface area contributed by atoms with Crippen molar-refractivity contribution in [3.8, 4) is 0 Å². The number of fused-ring (bicyclic) bond motifs is 1. The Labute approximate surface area is 89.1 Å². The van der Waals surface area contributed by atoms with Crippen molar-refractivity contribution in [2.75, 3.05) is 6.54 Å². The molecular formula is C11H16N4. The molecule has 80 valence electrons. The molecule has 0 aliphatic heterocycles. The van der Waals surface area contributed by atoms with Gasteiger partial charge >= 0.3 is 0 Å². The molecule has 0 aliphatic rings. The smallest absolute Gasteiger partial charge is 0.155 e. The van der Waals surface area contributed by atoms with E-state index < -0.39 is 0 Å². The van der Waals surface area contributed by atoms with Crippen molar-refractivity contribution in [1.82, 2.24) is 14.6 Å². The lowest BCUT2D eigenvalue weighted by molar-refractivity contribution is 0.781. The minimum atomic E-state index is 0.435. The Bertz CT molecular complexity index is 459. The minimum Gasteiger partial charge on any atom is -0.330 e. The van der Waals surface area contributed by atoms with Crippen LogP contribution in [0.3, 0.4) is 0 Å². The molecule has 0 spiro atoms. The maximum atomic E-state index is 5.50. The number of nitrogens with two attached hydrogens (primary N) is 1. The van der Waals surface area contributed by atoms with Gasteiger partial charge in [-0.3, -0.25) is 0 Å². The molecule has 0 aromatic carbocycles. The summed E-state index contributed by atoms with van der Waals surface area (Å²) >= 11 is 0. The van der Waals surface area contributed by atoms with Gasteiger partial charge in [-0.25, -0.2) is 9.50 Å². The molecule has 0 fully saturated rings. The summed E-state index contributed by atoms with van der Waals surface area (Å²) in [6.45, 7) is 4.90. The van der Waals surface area contributed by atoms with Crippen LogP contribution < -0.4 is 5.73 Å². The highest BCUT2D eigenvalue weighted by Gasteiger charge is 2.06. The van der Waals surface area contributed by atoms with Crippen LogP contribution in [0, 0.1) is 0 Å². The van der Waals surface area contributed by atoms with Gasteiger partial charge in [0.15, 0.2) is 5.65 Å². The highest BCUT2D eigenvalue weighted by Crippen LogP contribution is 2.14. The molecule has 0 saturated heterocycles. The summed E-state index contributed by atoms with van der Waals surface area (Å²) in [6, 6.07) is 2.02. The van der Waals surface area contributed by atoms with Crippen LogP contribution in [-0.4, -0.2) is 21.1 Å². The Hall–Kier alpha value is -1.42. The number of hydrogen-bond acceptors (Lipinski definition) is 3. The van der Waals surface area contributed by atoms with Crippen molar-refractivity contribution in [2.45, 2.75) is 26.2 Å². The highest BCUT2D eigenvalue weighted by atomic mass is 15.2. The predicted molar refractivity (Wildman–Crippen MR) is 59.8 cm³/mol. The lowest BCUT2D eigenvalue weighted by atomic mass is 10.1. The third-order valence-corrected chi connectivity index (χ3v) is 2.41. The van der Waals surface area contributed by atoms with E-state index in [1.54, 1.807) is 0 Å². The van der Waals surface area contributed by atoms with Crippen molar-refractivity contribution in [3.63, 3.8) is 0 Å². The molecule has 0 atom stereocenters. The quantitative estimate of drug-likeness (QED) is 0.821. The molecule has 4 heteroatoms. The van der Waals surface area contributed by atoms with Crippen molar-refractivity contribution < 1.29 is 0 Å². The van der Waals surface area contributed by atoms with E-state index in [1.807, 2.05) is 23.0 Å². The second-order valence-corrected chi connectivity index (χ2v) is 4.03. The second-order valence-electron chi connectivity index (χ2n) is 4.03. The van der Waals surface area contributed by atoms with E-state index >= 15 is 0 Å². The maximum Gasteiger partial charge on any atom is 0.155 e. The van der Waals surface area contributed by atoms with E-state index in [1.165, 1.54) is 0 Å². The Morgan fingerprint density at radius 2 is 2.27 bits per heavy atom. The SMILES string of the molecule is CC(C)c1cc2ncc(CCN)cn2n1. The fraction of sp³-hybridized carbons (Fsp3) is 0.455. The zero-order valence-corrected chi connectivity index (χ0v) is 9.14. The molecule has 0 radical (unpaired) electrons. The summed E-state index contributed by atoms with van der Waals surface area (Å²) < 4.78 is 1.83. The average Bonchev–Trinajstić information content (AvgIpc) is 2.61. The third kappa shape index (κ3) is 1.99. The van der Waals surface area contributed by atoms with Gasteiger partial charge in [-0.15, -0.1) is 0 Å². The summed E-state index contributed by atoms with van der Waals surface area (Å²) in [4.78, 5) is 4.35. The number of rotatable bonds is 3. The van der Waals surface area contributed by atoms with Gasteiger partial charge in [-0.1, -0.05) is 13.8 Å². The summed E-state index contributed by atoms with van der Waals surface area (Å²) in [6.07, 6.45) is 4.72. The van der Waals surface area contributed by atoms with Crippen molar-refractivity contribution in [1.29, 1.82) is 0 Å². The first kappa shape index (κ1) is 10.1. The zero-order valence-electron chi connectivity index (χ0n) is 9.14. The predicted octanol–water partition coefficient (Wildman–Crippen LogP) is 1.35. The summed E-state index contributed by atoms with van der Waals surface area (Å²) in [5.74, 6) is 0.435. The zero-order chi connectivity index (χ0) is 10.8. The van der Waals surface area contributed by atoms with Crippen LogP contribution in [0.4, 0.5) is 0 Å². The molecule has 0 bridgehead atoms. The number of nitrogens with zero attached hydrogens (tertiary/aromatic N) is 3. The Kier molecular flexibility index (Phi) is 2.68. The van der Waals surface area contributed by atoms with Crippen LogP contribution in [0.5, 0.6) is 0 Å². The summed E-state index contributed by atoms with van der Waals surface area (Å²) in [7, 11) is 0. The molecule has 0 amide bonds. The molecule has 0 aliphatic carbocycles. The van der Waals surface area contributed by atoms with Gasteiger partial charge in [-0.05, 0) is 24.4 Å². The lowest BCUT2D eigenvalue weighted by Gasteiger charge is -1.98. The topological polar surface area (TPSA) is 56.2 Å². The molecule has 2 heterocycles. The van der Waals surface area contributed by atoms with Gasteiger partial charge in [-0.2, -0.15) is 5.10 Å². The molecule has 15 heavy (non-hydrogen) atoms. The van der Waals surface area contributed by atoms with E-state index in [0.29, 0.717) is 12.5 Å². The molecule has 2 N–H and O–H groups in total. The first-order valence-electron chi connectivity index (χ1n) is 5.25. The summed E-state index contributed by atoms with van der Waals surface area (Å²) in [5.41, 5.74) is 8.61. The Morgan fingerprint density at radius 3 is 2.93 bits per heavy atom. The molecule has 4 nitrogen and oxygen atoms in total. The fourth-order valence-corrected chi connectivity index (χ4v) is 1.51. The van der Waals surface area contributed by atoms with Gasteiger partial charge in [0.1, 0.15) is 0 Å². The van der Waals surface area contributed by atoms with Crippen molar-refractivity contribution >= 4 is 5.65 Å². The highest BCUT2D eigenvalue weighted by molar-refractivity contribution is 5.40. The maximum absolute atomic E-state index is 5.50. The van der Waals surface area contributed by atoms with Crippen molar-refractivity contribution in [2.24, 2.45) is 5.73 Å². The molecule has 2 aromatic heterocycles. The van der Waals surface area contributed by atoms with Crippen LogP contribution in [0.15, 0.2) is 18.5 Å². The van der Waals surface area contributed by atoms with E-state index in [0.717, 1.165) is 23.3 Å². The molecule has 0 unspecified atom stereocenters. The van der Waals surface area contributed by atoms with Gasteiger partial charge in [0.25, 0.3) is 0 Å². The molecule has 2 aromatic rings. The van der Waals surface area contributed by atoms with E-state index in [2.05, 4.69) is 23.9 Å². The number of hydrogen-bond donors (Lipinski definition) is 1. The van der Waals surface area contributed by atoms with Crippen LogP contribution in [-0.2, 0) is 6.42 Å². The van der Waals surface area contributed by atoms with Gasteiger partial charge < -0.3 is 5.73 Å². The van der Waals surface area contributed by atoms with Crippen LogP contribution >= 0.6 is 0 Å². The number of aromatic nitrogens is 3. The molecular weight excluding hydrogens is 188 g/mol. The van der Waals surface area contributed by atoms with Crippen molar-refractivity contribution in [3.05, 3.63) is 29.7 Å². The second kappa shape index (κ2) is 3.98. The first-order chi connectivity index (χ1) is 7.20. The van der Waals surface area contributed by atoms with Gasteiger partial charge in [0.2, 0.25) is 0 Å². The third-order valence-electron chi connectivity index (χ3n) is 2.41. The normalized spacial score (nSPS) is 11.5. The molecule has 2 rings (SSSR count). The van der Waals surface area contributed by atoms with E-state index in [-0.39, 0.29) is 0 Å². The largest absolute Gasteiger partial charge is 0.330 e. The van der Waals surface area contributed by atoms with Crippen LogP contribution in [0.1, 0.15) is 31.0 Å². The standard InChI is InChI=1S/C11H16N4/c1-8(2)10-5-11-13-6-9(3-4-12)7-15(11)14-10/h5-8H,3-4,12H2,1-2H3. The van der Waals surface area contributed by atoms with E-state index in [4.69, 9.17) is 5.73 Å². The summed E-state index contributed by atoms with van der Waals surface area (Å²) in [5, 5.41) is 4.47. The molecule has 0 saturated carbocycles. The minimum absolute atomic E-state index is 0.435. The Balaban J connectivity index is 2.43. The monoisotopic (exact) mass is 204 g/mol. The Morgan fingerprint density at radius 1 is 1.47 bits per heavy atom. The fourth-order valence-electron chi connectivity index (χ4n) is 1.51. The van der Waals surface area contributed by atoms with Crippen LogP contribution in [0.2, 0.25) is 0 Å². The van der Waals surface area contributed by atoms with Crippen LogP contribution in [0.25, 0.3) is 5.65 Å². The van der Waals surface area contributed by atoms with Gasteiger partial charge in [0.05, 0.1) is 5.69 Å². The lowest BCUT2D eigenvalue weighted by Crippen LogP contribution is -2.04.